The molecule has 0 saturated carbocycles. The molecule has 0 bridgehead atoms. The number of nitrogens with one attached hydrogen (secondary N) is 1. The number of aryl methyl sites for hydroxylation is 1. The van der Waals surface area contributed by atoms with Crippen LogP contribution in [0.4, 0.5) is 0 Å². The lowest BCUT2D eigenvalue weighted by Crippen LogP contribution is -2.23. The number of sulfonamides is 1. The molecule has 0 unspecified atom stereocenters. The van der Waals surface area contributed by atoms with Crippen molar-refractivity contribution in [3.05, 3.63) is 50.7 Å². The van der Waals surface area contributed by atoms with Crippen molar-refractivity contribution in [3.63, 3.8) is 0 Å². The SMILES string of the molecule is CCc1ccc(CNS(=O)(=O)c2ccc(Cl)c(CN)c2)s1. The molecule has 2 aromatic rings. The van der Waals surface area contributed by atoms with Crippen LogP contribution < -0.4 is 10.5 Å². The van der Waals surface area contributed by atoms with Gasteiger partial charge in [-0.25, -0.2) is 13.1 Å². The van der Waals surface area contributed by atoms with Crippen molar-refractivity contribution in [3.8, 4) is 0 Å². The van der Waals surface area contributed by atoms with Crippen LogP contribution in [0.25, 0.3) is 0 Å². The highest BCUT2D eigenvalue weighted by Crippen LogP contribution is 2.21. The summed E-state index contributed by atoms with van der Waals surface area (Å²) in [6, 6.07) is 8.51. The lowest BCUT2D eigenvalue weighted by Gasteiger charge is -2.08. The van der Waals surface area contributed by atoms with Crippen molar-refractivity contribution in [2.24, 2.45) is 5.73 Å². The molecule has 1 heterocycles. The maximum absolute atomic E-state index is 12.3. The first-order valence-corrected chi connectivity index (χ1v) is 9.19. The molecule has 0 radical (unpaired) electrons. The van der Waals surface area contributed by atoms with Crippen molar-refractivity contribution < 1.29 is 8.42 Å². The number of hydrogen-bond donors (Lipinski definition) is 2. The van der Waals surface area contributed by atoms with Gasteiger partial charge in [-0.05, 0) is 42.3 Å². The predicted molar refractivity (Wildman–Crippen MR) is 87.1 cm³/mol. The van der Waals surface area contributed by atoms with Crippen molar-refractivity contribution in [2.75, 3.05) is 0 Å². The van der Waals surface area contributed by atoms with E-state index in [1.54, 1.807) is 17.4 Å². The van der Waals surface area contributed by atoms with E-state index in [0.29, 0.717) is 10.6 Å². The van der Waals surface area contributed by atoms with Gasteiger partial charge in [0.05, 0.1) is 4.90 Å². The first kappa shape index (κ1) is 16.5. The van der Waals surface area contributed by atoms with Gasteiger partial charge in [0, 0.05) is 27.9 Å². The second-order valence-corrected chi connectivity index (χ2v) is 7.93. The van der Waals surface area contributed by atoms with E-state index in [0.717, 1.165) is 11.3 Å². The molecule has 0 atom stereocenters. The van der Waals surface area contributed by atoms with Gasteiger partial charge in [-0.2, -0.15) is 0 Å². The summed E-state index contributed by atoms with van der Waals surface area (Å²) in [7, 11) is -3.56. The number of thiophene rings is 1. The summed E-state index contributed by atoms with van der Waals surface area (Å²) in [6.07, 6.45) is 0.953. The van der Waals surface area contributed by atoms with Gasteiger partial charge in [-0.15, -0.1) is 11.3 Å². The fourth-order valence-electron chi connectivity index (χ4n) is 1.83. The van der Waals surface area contributed by atoms with E-state index < -0.39 is 10.0 Å². The Morgan fingerprint density at radius 3 is 2.57 bits per heavy atom. The molecule has 3 N–H and O–H groups in total. The third-order valence-corrected chi connectivity index (χ3v) is 6.05. The van der Waals surface area contributed by atoms with E-state index in [2.05, 4.69) is 11.6 Å². The van der Waals surface area contributed by atoms with E-state index >= 15 is 0 Å². The van der Waals surface area contributed by atoms with E-state index in [-0.39, 0.29) is 18.0 Å². The highest BCUT2D eigenvalue weighted by atomic mass is 35.5. The van der Waals surface area contributed by atoms with Crippen LogP contribution in [0.15, 0.2) is 35.2 Å². The summed E-state index contributed by atoms with van der Waals surface area (Å²) in [5.74, 6) is 0. The third-order valence-electron chi connectivity index (χ3n) is 3.05. The zero-order valence-electron chi connectivity index (χ0n) is 11.6. The molecule has 0 saturated heterocycles. The first-order valence-electron chi connectivity index (χ1n) is 6.52. The lowest BCUT2D eigenvalue weighted by atomic mass is 10.2. The number of rotatable bonds is 6. The third kappa shape index (κ3) is 4.05. The molecule has 7 heteroatoms. The monoisotopic (exact) mass is 344 g/mol. The van der Waals surface area contributed by atoms with Crippen LogP contribution in [0, 0.1) is 0 Å². The fraction of sp³-hybridized carbons (Fsp3) is 0.286. The highest BCUT2D eigenvalue weighted by Gasteiger charge is 2.15. The fourth-order valence-corrected chi connectivity index (χ4v) is 4.07. The van der Waals surface area contributed by atoms with Crippen LogP contribution in [-0.4, -0.2) is 8.42 Å². The maximum Gasteiger partial charge on any atom is 0.240 e. The highest BCUT2D eigenvalue weighted by molar-refractivity contribution is 7.89. The lowest BCUT2D eigenvalue weighted by molar-refractivity contribution is 0.581. The van der Waals surface area contributed by atoms with Gasteiger partial charge in [0.2, 0.25) is 10.0 Å². The normalized spacial score (nSPS) is 11.8. The van der Waals surface area contributed by atoms with Crippen molar-refractivity contribution in [1.82, 2.24) is 4.72 Å². The summed E-state index contributed by atoms with van der Waals surface area (Å²) < 4.78 is 27.1. The van der Waals surface area contributed by atoms with Gasteiger partial charge in [-0.1, -0.05) is 18.5 Å². The maximum atomic E-state index is 12.3. The summed E-state index contributed by atoms with van der Waals surface area (Å²) in [5.41, 5.74) is 6.16. The Bertz CT molecular complexity index is 726. The van der Waals surface area contributed by atoms with Gasteiger partial charge < -0.3 is 5.73 Å². The van der Waals surface area contributed by atoms with Gasteiger partial charge >= 0.3 is 0 Å². The van der Waals surface area contributed by atoms with Gasteiger partial charge in [0.25, 0.3) is 0 Å². The Morgan fingerprint density at radius 2 is 1.95 bits per heavy atom. The summed E-state index contributed by atoms with van der Waals surface area (Å²) in [4.78, 5) is 2.41. The van der Waals surface area contributed by atoms with Crippen molar-refractivity contribution in [1.29, 1.82) is 0 Å². The Balaban J connectivity index is 2.14. The van der Waals surface area contributed by atoms with Crippen LogP contribution in [0.3, 0.4) is 0 Å². The summed E-state index contributed by atoms with van der Waals surface area (Å²) in [6.45, 7) is 2.56. The van der Waals surface area contributed by atoms with E-state index in [4.69, 9.17) is 17.3 Å². The average molecular weight is 345 g/mol. The van der Waals surface area contributed by atoms with Crippen LogP contribution in [-0.2, 0) is 29.5 Å². The van der Waals surface area contributed by atoms with Gasteiger partial charge in [0.1, 0.15) is 0 Å². The molecule has 114 valence electrons. The molecule has 21 heavy (non-hydrogen) atoms. The minimum atomic E-state index is -3.56. The van der Waals surface area contributed by atoms with Crippen LogP contribution in [0.5, 0.6) is 0 Å². The van der Waals surface area contributed by atoms with Gasteiger partial charge in [-0.3, -0.25) is 0 Å². The molecule has 0 aliphatic heterocycles. The minimum Gasteiger partial charge on any atom is -0.326 e. The number of halogens is 1. The smallest absolute Gasteiger partial charge is 0.240 e. The molecule has 1 aromatic heterocycles. The molecule has 0 spiro atoms. The average Bonchev–Trinajstić information content (AvgIpc) is 2.93. The zero-order chi connectivity index (χ0) is 15.5. The molecular weight excluding hydrogens is 328 g/mol. The molecule has 1 aromatic carbocycles. The minimum absolute atomic E-state index is 0.180. The van der Waals surface area contributed by atoms with Crippen molar-refractivity contribution in [2.45, 2.75) is 31.3 Å². The van der Waals surface area contributed by atoms with Crippen molar-refractivity contribution >= 4 is 33.0 Å². The van der Waals surface area contributed by atoms with Crippen LogP contribution in [0.1, 0.15) is 22.2 Å². The molecule has 0 aliphatic rings. The number of nitrogens with two attached hydrogens (primary N) is 1. The largest absolute Gasteiger partial charge is 0.326 e. The van der Waals surface area contributed by atoms with Crippen LogP contribution >= 0.6 is 22.9 Å². The molecule has 2 rings (SSSR count). The van der Waals surface area contributed by atoms with E-state index in [1.807, 2.05) is 12.1 Å². The van der Waals surface area contributed by atoms with E-state index in [9.17, 15) is 8.42 Å². The Kier molecular flexibility index (Phi) is 5.40. The second kappa shape index (κ2) is 6.89. The number of benzene rings is 1. The first-order chi connectivity index (χ1) is 9.96. The van der Waals surface area contributed by atoms with Crippen LogP contribution in [0.2, 0.25) is 5.02 Å². The second-order valence-electron chi connectivity index (χ2n) is 4.50. The quantitative estimate of drug-likeness (QED) is 0.846. The standard InChI is InChI=1S/C14H17ClN2O2S2/c1-2-11-3-4-12(20-11)9-17-21(18,19)13-5-6-14(15)10(7-13)8-16/h3-7,17H,2,8-9,16H2,1H3. The molecule has 0 amide bonds. The zero-order valence-corrected chi connectivity index (χ0v) is 14.0. The predicted octanol–water partition coefficient (Wildman–Crippen LogP) is 2.90. The van der Waals surface area contributed by atoms with Gasteiger partial charge in [0.15, 0.2) is 0 Å². The molecule has 0 fully saturated rings. The Hall–Kier alpha value is -0.920. The topological polar surface area (TPSA) is 72.2 Å². The van der Waals surface area contributed by atoms with E-state index in [1.165, 1.54) is 17.0 Å². The Labute approximate surface area is 134 Å². The summed E-state index contributed by atoms with van der Waals surface area (Å²) in [5, 5.41) is 0.474. The molecule has 0 aliphatic carbocycles. The molecular formula is C14H17ClN2O2S2. The number of hydrogen-bond acceptors (Lipinski definition) is 4. The summed E-state index contributed by atoms with van der Waals surface area (Å²) >= 11 is 7.56. The molecule has 4 nitrogen and oxygen atoms in total. The Morgan fingerprint density at radius 1 is 1.24 bits per heavy atom.